The van der Waals surface area contributed by atoms with E-state index in [1.54, 1.807) is 0 Å². The van der Waals surface area contributed by atoms with Gasteiger partial charge in [-0.3, -0.25) is 9.59 Å². The van der Waals surface area contributed by atoms with Gasteiger partial charge in [0.25, 0.3) is 0 Å². The molecule has 7 atom stereocenters. The Morgan fingerprint density at radius 3 is 2.39 bits per heavy atom. The van der Waals surface area contributed by atoms with Crippen LogP contribution in [0.2, 0.25) is 0 Å². The van der Waals surface area contributed by atoms with Crippen molar-refractivity contribution < 1.29 is 19.1 Å². The van der Waals surface area contributed by atoms with Gasteiger partial charge in [0.05, 0.1) is 20.1 Å². The molecule has 4 heteroatoms. The van der Waals surface area contributed by atoms with Crippen molar-refractivity contribution in [1.29, 1.82) is 0 Å². The zero-order valence-electron chi connectivity index (χ0n) is 15.9. The first-order valence-corrected chi connectivity index (χ1v) is 9.99. The molecule has 7 unspecified atom stereocenters. The number of rotatable bonds is 2. The predicted octanol–water partition coefficient (Wildman–Crippen LogP) is 3.20. The van der Waals surface area contributed by atoms with Crippen LogP contribution in [0, 0.1) is 23.7 Å². The zero-order valence-corrected chi connectivity index (χ0v) is 15.9. The predicted molar refractivity (Wildman–Crippen MR) is 102 cm³/mol. The maximum absolute atomic E-state index is 13.3. The van der Waals surface area contributed by atoms with Crippen LogP contribution in [0.5, 0.6) is 0 Å². The van der Waals surface area contributed by atoms with E-state index in [-0.39, 0.29) is 35.6 Å². The van der Waals surface area contributed by atoms with Crippen molar-refractivity contribution >= 4 is 11.9 Å². The number of fused-ring (bicyclic) bond motifs is 6. The highest BCUT2D eigenvalue weighted by molar-refractivity contribution is 5.91. The SMILES string of the molecule is COC(=O)C1c2ccccc2C2C3C1C1Cc4ccccc4C2(C(=O)OC)C13. The third-order valence-electron chi connectivity index (χ3n) is 8.16. The van der Waals surface area contributed by atoms with Gasteiger partial charge < -0.3 is 9.47 Å². The lowest BCUT2D eigenvalue weighted by atomic mass is 9.24. The van der Waals surface area contributed by atoms with Crippen LogP contribution < -0.4 is 0 Å². The Kier molecular flexibility index (Phi) is 3.07. The maximum atomic E-state index is 13.3. The highest BCUT2D eigenvalue weighted by atomic mass is 16.5. The van der Waals surface area contributed by atoms with Crippen molar-refractivity contribution in [3.63, 3.8) is 0 Å². The molecule has 2 saturated carbocycles. The lowest BCUT2D eigenvalue weighted by Crippen LogP contribution is -2.79. The summed E-state index contributed by atoms with van der Waals surface area (Å²) in [7, 11) is 2.97. The van der Waals surface area contributed by atoms with E-state index in [4.69, 9.17) is 9.47 Å². The molecule has 4 aliphatic carbocycles. The minimum absolute atomic E-state index is 0.0738. The molecular formula is C24H22O4. The molecule has 2 fully saturated rings. The van der Waals surface area contributed by atoms with Gasteiger partial charge in [0.15, 0.2) is 0 Å². The molecule has 142 valence electrons. The van der Waals surface area contributed by atoms with Gasteiger partial charge in [-0.2, -0.15) is 0 Å². The highest BCUT2D eigenvalue weighted by Crippen LogP contribution is 2.81. The van der Waals surface area contributed by atoms with Gasteiger partial charge in [0, 0.05) is 5.92 Å². The van der Waals surface area contributed by atoms with Crippen LogP contribution in [0.15, 0.2) is 48.5 Å². The summed E-state index contributed by atoms with van der Waals surface area (Å²) >= 11 is 0. The Morgan fingerprint density at radius 1 is 0.929 bits per heavy atom. The summed E-state index contributed by atoms with van der Waals surface area (Å²) in [6.45, 7) is 0. The highest BCUT2D eigenvalue weighted by Gasteiger charge is 2.82. The number of methoxy groups -OCH3 is 2. The smallest absolute Gasteiger partial charge is 0.317 e. The average molecular weight is 374 g/mol. The molecule has 0 amide bonds. The van der Waals surface area contributed by atoms with Crippen LogP contribution in [0.1, 0.15) is 34.1 Å². The summed E-state index contributed by atoms with van der Waals surface area (Å²) in [6, 6.07) is 16.5. The monoisotopic (exact) mass is 374 g/mol. The number of hydrogen-bond donors (Lipinski definition) is 0. The fraction of sp³-hybridized carbons (Fsp3) is 0.417. The lowest BCUT2D eigenvalue weighted by molar-refractivity contribution is -0.231. The zero-order chi connectivity index (χ0) is 19.2. The molecule has 4 nitrogen and oxygen atoms in total. The van der Waals surface area contributed by atoms with Gasteiger partial charge in [-0.25, -0.2) is 0 Å². The van der Waals surface area contributed by atoms with Crippen molar-refractivity contribution in [3.05, 3.63) is 70.8 Å². The Hall–Kier alpha value is -2.62. The number of ether oxygens (including phenoxy) is 2. The number of benzene rings is 2. The minimum atomic E-state index is -0.618. The van der Waals surface area contributed by atoms with Gasteiger partial charge in [0.2, 0.25) is 0 Å². The summed E-state index contributed by atoms with van der Waals surface area (Å²) in [5.74, 6) is 0.719. The molecule has 0 spiro atoms. The fourth-order valence-electron chi connectivity index (χ4n) is 7.49. The molecule has 4 aliphatic rings. The maximum Gasteiger partial charge on any atom is 0.317 e. The lowest BCUT2D eigenvalue weighted by Gasteiger charge is -2.77. The molecule has 28 heavy (non-hydrogen) atoms. The summed E-state index contributed by atoms with van der Waals surface area (Å²) in [6.07, 6.45) is 0.920. The van der Waals surface area contributed by atoms with Crippen molar-refractivity contribution in [3.8, 4) is 0 Å². The van der Waals surface area contributed by atoms with Crippen LogP contribution in [-0.4, -0.2) is 26.2 Å². The Labute approximate surface area is 163 Å². The van der Waals surface area contributed by atoms with Crippen LogP contribution >= 0.6 is 0 Å². The topological polar surface area (TPSA) is 52.6 Å². The van der Waals surface area contributed by atoms with E-state index >= 15 is 0 Å². The molecule has 0 saturated heterocycles. The van der Waals surface area contributed by atoms with Crippen LogP contribution in [0.3, 0.4) is 0 Å². The number of carbonyl (C=O) groups is 2. The first-order valence-electron chi connectivity index (χ1n) is 9.99. The van der Waals surface area contributed by atoms with Crippen LogP contribution in [0.4, 0.5) is 0 Å². The van der Waals surface area contributed by atoms with Gasteiger partial charge in [0.1, 0.15) is 5.41 Å². The van der Waals surface area contributed by atoms with Gasteiger partial charge in [-0.1, -0.05) is 48.5 Å². The Morgan fingerprint density at radius 2 is 1.64 bits per heavy atom. The van der Waals surface area contributed by atoms with E-state index in [1.165, 1.54) is 19.8 Å². The average Bonchev–Trinajstić information content (AvgIpc) is 2.71. The quantitative estimate of drug-likeness (QED) is 0.758. The molecule has 0 N–H and O–H groups in total. The standard InChI is InChI=1S/C24H22O4/c1-27-22(25)18-13-8-4-5-9-14(13)20-19-17(18)15-11-12-7-3-6-10-16(12)24(20,21(15)19)23(26)28-2/h3-10,15,17-21H,11H2,1-2H3. The molecule has 0 heterocycles. The van der Waals surface area contributed by atoms with Crippen molar-refractivity contribution in [2.45, 2.75) is 23.7 Å². The van der Waals surface area contributed by atoms with Gasteiger partial charge in [-0.05, 0) is 52.3 Å². The van der Waals surface area contributed by atoms with Crippen molar-refractivity contribution in [2.24, 2.45) is 23.7 Å². The molecule has 0 radical (unpaired) electrons. The second-order valence-corrected chi connectivity index (χ2v) is 8.67. The summed E-state index contributed by atoms with van der Waals surface area (Å²) < 4.78 is 10.6. The number of carbonyl (C=O) groups excluding carboxylic acids is 2. The summed E-state index contributed by atoms with van der Waals surface area (Å²) in [5.41, 5.74) is 3.90. The van der Waals surface area contributed by atoms with E-state index in [0.29, 0.717) is 11.8 Å². The van der Waals surface area contributed by atoms with E-state index in [1.807, 2.05) is 30.3 Å². The Bertz CT molecular complexity index is 1010. The van der Waals surface area contributed by atoms with E-state index in [2.05, 4.69) is 18.2 Å². The van der Waals surface area contributed by atoms with E-state index in [9.17, 15) is 9.59 Å². The van der Waals surface area contributed by atoms with Crippen molar-refractivity contribution in [1.82, 2.24) is 0 Å². The number of esters is 2. The first kappa shape index (κ1) is 16.3. The summed E-state index contributed by atoms with van der Waals surface area (Å²) in [4.78, 5) is 26.2. The second kappa shape index (κ2) is 5.25. The molecule has 2 aromatic carbocycles. The fourth-order valence-corrected chi connectivity index (χ4v) is 7.49. The van der Waals surface area contributed by atoms with Crippen LogP contribution in [-0.2, 0) is 30.9 Å². The largest absolute Gasteiger partial charge is 0.469 e. The molecule has 0 aliphatic heterocycles. The first-order chi connectivity index (χ1) is 13.7. The molecular weight excluding hydrogens is 352 g/mol. The van der Waals surface area contributed by atoms with E-state index in [0.717, 1.165) is 23.1 Å². The third kappa shape index (κ3) is 1.53. The van der Waals surface area contributed by atoms with Crippen molar-refractivity contribution in [2.75, 3.05) is 14.2 Å². The molecule has 2 aromatic rings. The van der Waals surface area contributed by atoms with Gasteiger partial charge >= 0.3 is 11.9 Å². The van der Waals surface area contributed by atoms with Crippen LogP contribution in [0.25, 0.3) is 0 Å². The normalized spacial score (nSPS) is 37.9. The molecule has 6 rings (SSSR count). The second-order valence-electron chi connectivity index (χ2n) is 8.67. The Balaban J connectivity index is 1.64. The van der Waals surface area contributed by atoms with Gasteiger partial charge in [-0.15, -0.1) is 0 Å². The van der Waals surface area contributed by atoms with E-state index < -0.39 is 5.41 Å². The molecule has 0 aromatic heterocycles. The minimum Gasteiger partial charge on any atom is -0.469 e. The molecule has 0 bridgehead atoms. The summed E-state index contributed by atoms with van der Waals surface area (Å²) in [5, 5.41) is 0. The third-order valence-corrected chi connectivity index (χ3v) is 8.16. The number of hydrogen-bond acceptors (Lipinski definition) is 4.